The first-order chi connectivity index (χ1) is 16.5. The van der Waals surface area contributed by atoms with Gasteiger partial charge in [0.2, 0.25) is 12.1 Å². The summed E-state index contributed by atoms with van der Waals surface area (Å²) in [6.45, 7) is -0.166. The van der Waals surface area contributed by atoms with Crippen LogP contribution in [-0.2, 0) is 17.9 Å². The highest BCUT2D eigenvalue weighted by Crippen LogP contribution is 2.21. The van der Waals surface area contributed by atoms with Crippen molar-refractivity contribution in [3.63, 3.8) is 0 Å². The molecule has 9 heteroatoms. The van der Waals surface area contributed by atoms with Crippen LogP contribution in [0, 0.1) is 11.6 Å². The van der Waals surface area contributed by atoms with Crippen LogP contribution in [0.15, 0.2) is 85.3 Å². The lowest BCUT2D eigenvalue weighted by molar-refractivity contribution is -0.657. The second kappa shape index (κ2) is 9.99. The molecule has 0 radical (unpaired) electrons. The maximum atomic E-state index is 14.1. The van der Waals surface area contributed by atoms with E-state index in [2.05, 4.69) is 10.3 Å². The number of anilines is 1. The topological polar surface area (TPSA) is 67.9 Å². The highest BCUT2D eigenvalue weighted by molar-refractivity contribution is 6.00. The number of pyridine rings is 1. The molecule has 0 fully saturated rings. The monoisotopic (exact) mass is 492 g/mol. The summed E-state index contributed by atoms with van der Waals surface area (Å²) in [6.07, 6.45) is 3.31. The Kier molecular flexibility index (Phi) is 6.84. The third kappa shape index (κ3) is 4.88. The number of halogens is 3. The van der Waals surface area contributed by atoms with Crippen molar-refractivity contribution < 1.29 is 35.3 Å². The maximum absolute atomic E-state index is 14.1. The predicted octanol–water partition coefficient (Wildman–Crippen LogP) is 1.28. The molecule has 0 spiro atoms. The van der Waals surface area contributed by atoms with Crippen molar-refractivity contribution in [1.29, 1.82) is 0 Å². The average Bonchev–Trinajstić information content (AvgIpc) is 3.16. The van der Waals surface area contributed by atoms with E-state index in [1.807, 2.05) is 48.5 Å². The molecule has 0 bridgehead atoms. The van der Waals surface area contributed by atoms with E-state index in [9.17, 15) is 18.4 Å². The normalized spacial score (nSPS) is 10.8. The standard InChI is InChI=1S/C26H18F2N4O2.ClH/c27-18-10-11-19(20(28)13-18)24(33)14-31-16-32(23-9-2-1-8-22(23)31)15-25(34)30-21-7-3-5-17-6-4-12-29-26(17)21;/h1-13,16H,14-15H2;1H. The van der Waals surface area contributed by atoms with E-state index in [0.717, 1.165) is 23.0 Å². The molecule has 5 rings (SSSR count). The van der Waals surface area contributed by atoms with Gasteiger partial charge >= 0.3 is 0 Å². The second-order valence-corrected chi connectivity index (χ2v) is 7.84. The fourth-order valence-electron chi connectivity index (χ4n) is 4.00. The van der Waals surface area contributed by atoms with Crippen molar-refractivity contribution in [2.45, 2.75) is 13.1 Å². The number of para-hydroxylation sites is 3. The van der Waals surface area contributed by atoms with Crippen LogP contribution in [0.3, 0.4) is 0 Å². The maximum Gasteiger partial charge on any atom is 0.266 e. The Labute approximate surface area is 205 Å². The minimum Gasteiger partial charge on any atom is -1.00 e. The van der Waals surface area contributed by atoms with Gasteiger partial charge < -0.3 is 17.7 Å². The van der Waals surface area contributed by atoms with Crippen molar-refractivity contribution in [1.82, 2.24) is 9.55 Å². The van der Waals surface area contributed by atoms with Gasteiger partial charge in [-0.3, -0.25) is 14.6 Å². The minimum absolute atomic E-state index is 0. The summed E-state index contributed by atoms with van der Waals surface area (Å²) in [5, 5.41) is 3.82. The molecule has 0 aliphatic rings. The molecule has 5 aromatic rings. The summed E-state index contributed by atoms with van der Waals surface area (Å²) in [4.78, 5) is 29.9. The fourth-order valence-corrected chi connectivity index (χ4v) is 4.00. The zero-order valence-corrected chi connectivity index (χ0v) is 19.0. The SMILES string of the molecule is O=C(Cn1c[n+](CC(=O)c2ccc(F)cc2F)c2ccccc21)Nc1cccc2cccnc12.[Cl-]. The molecule has 0 atom stereocenters. The molecule has 3 aromatic carbocycles. The fraction of sp³-hybridized carbons (Fsp3) is 0.0769. The number of ketones is 1. The number of Topliss-reactive ketones (excluding diaryl/α,β-unsaturated/α-hetero) is 1. The first-order valence-electron chi connectivity index (χ1n) is 10.6. The number of imidazole rings is 1. The molecule has 1 amide bonds. The lowest BCUT2D eigenvalue weighted by Gasteiger charge is -2.07. The van der Waals surface area contributed by atoms with Gasteiger partial charge in [-0.2, -0.15) is 0 Å². The summed E-state index contributed by atoms with van der Waals surface area (Å²) in [6, 6.07) is 19.5. The number of fused-ring (bicyclic) bond motifs is 2. The van der Waals surface area contributed by atoms with Crippen molar-refractivity contribution >= 4 is 39.3 Å². The van der Waals surface area contributed by atoms with Crippen molar-refractivity contribution in [2.24, 2.45) is 0 Å². The van der Waals surface area contributed by atoms with E-state index in [1.165, 1.54) is 0 Å². The Hall–Kier alpha value is -4.17. The summed E-state index contributed by atoms with van der Waals surface area (Å²) in [7, 11) is 0. The summed E-state index contributed by atoms with van der Waals surface area (Å²) >= 11 is 0. The lowest BCUT2D eigenvalue weighted by atomic mass is 10.1. The summed E-state index contributed by atoms with van der Waals surface area (Å²) < 4.78 is 30.7. The van der Waals surface area contributed by atoms with E-state index in [0.29, 0.717) is 22.8 Å². The third-order valence-electron chi connectivity index (χ3n) is 5.55. The number of hydrogen-bond donors (Lipinski definition) is 1. The highest BCUT2D eigenvalue weighted by Gasteiger charge is 2.22. The Morgan fingerprint density at radius 1 is 0.971 bits per heavy atom. The van der Waals surface area contributed by atoms with E-state index in [4.69, 9.17) is 0 Å². The third-order valence-corrected chi connectivity index (χ3v) is 5.55. The molecule has 35 heavy (non-hydrogen) atoms. The molecular formula is C26H19ClF2N4O2. The number of nitrogens with zero attached hydrogens (tertiary/aromatic N) is 3. The average molecular weight is 493 g/mol. The van der Waals surface area contributed by atoms with Crippen LogP contribution in [0.5, 0.6) is 0 Å². The van der Waals surface area contributed by atoms with E-state index in [-0.39, 0.29) is 37.0 Å². The summed E-state index contributed by atoms with van der Waals surface area (Å²) in [5.41, 5.74) is 2.55. The van der Waals surface area contributed by atoms with Gasteiger partial charge in [-0.1, -0.05) is 30.3 Å². The van der Waals surface area contributed by atoms with E-state index in [1.54, 1.807) is 27.7 Å². The molecule has 0 aliphatic heterocycles. The minimum atomic E-state index is -0.905. The van der Waals surface area contributed by atoms with Crippen LogP contribution >= 0.6 is 0 Å². The van der Waals surface area contributed by atoms with Crippen molar-refractivity contribution in [3.05, 3.63) is 103 Å². The largest absolute Gasteiger partial charge is 1.00 e. The van der Waals surface area contributed by atoms with Gasteiger partial charge in [-0.25, -0.2) is 17.9 Å². The number of carbonyl (C=O) groups excluding carboxylic acids is 2. The first-order valence-corrected chi connectivity index (χ1v) is 10.6. The van der Waals surface area contributed by atoms with Gasteiger partial charge in [-0.05, 0) is 36.4 Å². The quantitative estimate of drug-likeness (QED) is 0.287. The number of amides is 1. The molecule has 2 aromatic heterocycles. The molecule has 0 unspecified atom stereocenters. The van der Waals surface area contributed by atoms with Gasteiger partial charge in [0.1, 0.15) is 11.6 Å². The van der Waals surface area contributed by atoms with Gasteiger partial charge in [0.05, 0.1) is 16.8 Å². The number of carbonyl (C=O) groups is 2. The van der Waals surface area contributed by atoms with Crippen LogP contribution < -0.4 is 22.3 Å². The zero-order chi connectivity index (χ0) is 23.7. The Morgan fingerprint density at radius 3 is 2.60 bits per heavy atom. The zero-order valence-electron chi connectivity index (χ0n) is 18.3. The molecule has 0 aliphatic carbocycles. The second-order valence-electron chi connectivity index (χ2n) is 7.84. The Balaban J connectivity index is 0.00000289. The smallest absolute Gasteiger partial charge is 0.266 e. The number of benzene rings is 3. The molecule has 0 saturated heterocycles. The predicted molar refractivity (Wildman–Crippen MR) is 123 cm³/mol. The Bertz CT molecular complexity index is 1560. The van der Waals surface area contributed by atoms with Crippen LogP contribution in [0.4, 0.5) is 14.5 Å². The first kappa shape index (κ1) is 24.0. The number of hydrogen-bond acceptors (Lipinski definition) is 3. The molecule has 0 saturated carbocycles. The van der Waals surface area contributed by atoms with Crippen LogP contribution in [-0.4, -0.2) is 21.2 Å². The van der Waals surface area contributed by atoms with Gasteiger partial charge in [-0.15, -0.1) is 0 Å². The van der Waals surface area contributed by atoms with Crippen molar-refractivity contribution in [3.8, 4) is 0 Å². The number of nitrogens with one attached hydrogen (secondary N) is 1. The Morgan fingerprint density at radius 2 is 1.77 bits per heavy atom. The number of aromatic nitrogens is 3. The molecule has 176 valence electrons. The molecule has 2 heterocycles. The van der Waals surface area contributed by atoms with E-state index < -0.39 is 17.4 Å². The van der Waals surface area contributed by atoms with Crippen LogP contribution in [0.2, 0.25) is 0 Å². The van der Waals surface area contributed by atoms with E-state index >= 15 is 0 Å². The van der Waals surface area contributed by atoms with Gasteiger partial charge in [0.25, 0.3) is 5.91 Å². The van der Waals surface area contributed by atoms with Crippen molar-refractivity contribution in [2.75, 3.05) is 5.32 Å². The molecule has 6 nitrogen and oxygen atoms in total. The van der Waals surface area contributed by atoms with Gasteiger partial charge in [0.15, 0.2) is 24.1 Å². The van der Waals surface area contributed by atoms with Crippen LogP contribution in [0.1, 0.15) is 10.4 Å². The lowest BCUT2D eigenvalue weighted by Crippen LogP contribution is -3.00. The van der Waals surface area contributed by atoms with Crippen LogP contribution in [0.25, 0.3) is 21.9 Å². The molecular weight excluding hydrogens is 474 g/mol. The highest BCUT2D eigenvalue weighted by atomic mass is 35.5. The number of rotatable bonds is 6. The van der Waals surface area contributed by atoms with Gasteiger partial charge in [0, 0.05) is 17.6 Å². The summed E-state index contributed by atoms with van der Waals surface area (Å²) in [5.74, 6) is -2.42. The molecule has 1 N–H and O–H groups in total.